The molecule has 7 nitrogen and oxygen atoms in total. The van der Waals surface area contributed by atoms with Gasteiger partial charge in [0.05, 0.1) is 0 Å². The number of carbonyl (C=O) groups is 1. The van der Waals surface area contributed by atoms with E-state index in [-0.39, 0.29) is 12.1 Å². The maximum Gasteiger partial charge on any atom is 0.323 e. The molecule has 0 radical (unpaired) electrons. The first-order chi connectivity index (χ1) is 14.3. The lowest BCUT2D eigenvalue weighted by molar-refractivity contribution is 0.196. The molecule has 1 aromatic carbocycles. The average Bonchev–Trinajstić information content (AvgIpc) is 3.21. The zero-order valence-electron chi connectivity index (χ0n) is 16.4. The van der Waals surface area contributed by atoms with E-state index in [1.54, 1.807) is 12.4 Å². The van der Waals surface area contributed by atoms with E-state index in [4.69, 9.17) is 0 Å². The van der Waals surface area contributed by atoms with Crippen LogP contribution in [0.3, 0.4) is 0 Å². The van der Waals surface area contributed by atoms with Gasteiger partial charge in [0, 0.05) is 56.0 Å². The lowest BCUT2D eigenvalue weighted by Crippen LogP contribution is -2.46. The largest absolute Gasteiger partial charge is 0.381 e. The number of rotatable bonds is 6. The fourth-order valence-electron chi connectivity index (χ4n) is 3.58. The molecule has 1 saturated heterocycles. The number of hydrogen-bond donors (Lipinski definition) is 2. The molecule has 1 unspecified atom stereocenters. The number of anilines is 2. The molecule has 0 bridgehead atoms. The molecule has 1 aliphatic heterocycles. The van der Waals surface area contributed by atoms with Gasteiger partial charge < -0.3 is 10.2 Å². The van der Waals surface area contributed by atoms with Crippen LogP contribution in [0, 0.1) is 0 Å². The molecule has 4 rings (SSSR count). The first-order valence-electron chi connectivity index (χ1n) is 10.1. The maximum atomic E-state index is 12.7. The van der Waals surface area contributed by atoms with E-state index >= 15 is 0 Å². The number of piperidine rings is 1. The predicted octanol–water partition coefficient (Wildman–Crippen LogP) is 3.63. The van der Waals surface area contributed by atoms with Gasteiger partial charge in [-0.15, -0.1) is 0 Å². The summed E-state index contributed by atoms with van der Waals surface area (Å²) in [6.45, 7) is 2.21. The van der Waals surface area contributed by atoms with E-state index in [9.17, 15) is 4.79 Å². The van der Waals surface area contributed by atoms with Crippen molar-refractivity contribution in [1.29, 1.82) is 0 Å². The van der Waals surface area contributed by atoms with Crippen LogP contribution in [-0.2, 0) is 13.0 Å². The Balaban J connectivity index is 1.28. The van der Waals surface area contributed by atoms with Gasteiger partial charge >= 0.3 is 6.03 Å². The number of nitrogens with one attached hydrogen (secondary N) is 2. The average molecular weight is 390 g/mol. The molecular weight excluding hydrogens is 364 g/mol. The van der Waals surface area contributed by atoms with Gasteiger partial charge in [-0.3, -0.25) is 15.0 Å². The Kier molecular flexibility index (Phi) is 6.04. The van der Waals surface area contributed by atoms with Crippen LogP contribution in [0.1, 0.15) is 18.4 Å². The molecule has 0 aliphatic carbocycles. The van der Waals surface area contributed by atoms with Crippen molar-refractivity contribution in [3.8, 4) is 0 Å². The van der Waals surface area contributed by atoms with Crippen LogP contribution >= 0.6 is 0 Å². The fourth-order valence-corrected chi connectivity index (χ4v) is 3.58. The highest BCUT2D eigenvalue weighted by atomic mass is 16.2. The van der Waals surface area contributed by atoms with Crippen LogP contribution in [0.2, 0.25) is 0 Å². The summed E-state index contributed by atoms with van der Waals surface area (Å²) in [5.41, 5.74) is 2.30. The fraction of sp³-hybridized carbons (Fsp3) is 0.318. The number of pyridine rings is 1. The molecule has 2 amide bonds. The van der Waals surface area contributed by atoms with Crippen LogP contribution in [0.15, 0.2) is 67.1 Å². The Labute approximate surface area is 170 Å². The number of hydrogen-bond acceptors (Lipinski definition) is 4. The highest BCUT2D eigenvalue weighted by molar-refractivity contribution is 5.88. The Hall–Kier alpha value is -3.35. The van der Waals surface area contributed by atoms with E-state index in [1.165, 1.54) is 5.56 Å². The minimum Gasteiger partial charge on any atom is -0.381 e. The summed E-state index contributed by atoms with van der Waals surface area (Å²) >= 11 is 0. The Morgan fingerprint density at radius 2 is 1.93 bits per heavy atom. The summed E-state index contributed by atoms with van der Waals surface area (Å²) in [5.74, 6) is 0.586. The first kappa shape index (κ1) is 19.0. The molecule has 2 N–H and O–H groups in total. The van der Waals surface area contributed by atoms with Crippen molar-refractivity contribution in [2.45, 2.75) is 31.8 Å². The highest BCUT2D eigenvalue weighted by Crippen LogP contribution is 2.17. The molecule has 1 atom stereocenters. The predicted molar refractivity (Wildman–Crippen MR) is 114 cm³/mol. The number of urea groups is 1. The molecule has 1 aliphatic rings. The molecular formula is C22H26N6O. The SMILES string of the molecule is O=C(Nc1ccn(CCc2ccncc2)n1)N1CCCC(Nc2ccccc2)C1. The molecule has 1 fully saturated rings. The number of amides is 2. The van der Waals surface area contributed by atoms with Crippen LogP contribution < -0.4 is 10.6 Å². The molecule has 3 heterocycles. The van der Waals surface area contributed by atoms with Crippen LogP contribution in [-0.4, -0.2) is 44.8 Å². The lowest BCUT2D eigenvalue weighted by Gasteiger charge is -2.33. The van der Waals surface area contributed by atoms with Gasteiger partial charge in [-0.25, -0.2) is 4.79 Å². The molecule has 0 spiro atoms. The topological polar surface area (TPSA) is 75.1 Å². The van der Waals surface area contributed by atoms with E-state index in [0.717, 1.165) is 38.0 Å². The summed E-state index contributed by atoms with van der Waals surface area (Å²) < 4.78 is 1.85. The molecule has 29 heavy (non-hydrogen) atoms. The summed E-state index contributed by atoms with van der Waals surface area (Å²) in [6, 6.07) is 16.1. The number of para-hydroxylation sites is 1. The third kappa shape index (κ3) is 5.34. The number of aryl methyl sites for hydroxylation is 2. The van der Waals surface area contributed by atoms with E-state index in [2.05, 4.69) is 32.8 Å². The van der Waals surface area contributed by atoms with Gasteiger partial charge in [0.15, 0.2) is 5.82 Å². The summed E-state index contributed by atoms with van der Waals surface area (Å²) in [4.78, 5) is 18.6. The van der Waals surface area contributed by atoms with E-state index in [0.29, 0.717) is 12.4 Å². The normalized spacial score (nSPS) is 16.4. The monoisotopic (exact) mass is 390 g/mol. The van der Waals surface area contributed by atoms with Crippen molar-refractivity contribution in [1.82, 2.24) is 19.7 Å². The molecule has 150 valence electrons. The van der Waals surface area contributed by atoms with Gasteiger partial charge in [-0.2, -0.15) is 5.10 Å². The van der Waals surface area contributed by atoms with Crippen LogP contribution in [0.25, 0.3) is 0 Å². The first-order valence-corrected chi connectivity index (χ1v) is 10.1. The van der Waals surface area contributed by atoms with Crippen molar-refractivity contribution in [3.05, 3.63) is 72.7 Å². The van der Waals surface area contributed by atoms with Gasteiger partial charge in [-0.1, -0.05) is 18.2 Å². The smallest absolute Gasteiger partial charge is 0.323 e. The van der Waals surface area contributed by atoms with Gasteiger partial charge in [0.2, 0.25) is 0 Å². The zero-order valence-corrected chi connectivity index (χ0v) is 16.4. The van der Waals surface area contributed by atoms with E-state index in [1.807, 2.05) is 52.2 Å². The lowest BCUT2D eigenvalue weighted by atomic mass is 10.1. The third-order valence-electron chi connectivity index (χ3n) is 5.11. The Morgan fingerprint density at radius 1 is 1.10 bits per heavy atom. The van der Waals surface area contributed by atoms with Crippen molar-refractivity contribution < 1.29 is 4.79 Å². The molecule has 2 aromatic heterocycles. The molecule has 0 saturated carbocycles. The van der Waals surface area contributed by atoms with Crippen LogP contribution in [0.5, 0.6) is 0 Å². The van der Waals surface area contributed by atoms with Gasteiger partial charge in [-0.05, 0) is 49.1 Å². The number of nitrogens with zero attached hydrogens (tertiary/aromatic N) is 4. The highest BCUT2D eigenvalue weighted by Gasteiger charge is 2.24. The Morgan fingerprint density at radius 3 is 2.76 bits per heavy atom. The quantitative estimate of drug-likeness (QED) is 0.674. The molecule has 7 heteroatoms. The molecule has 3 aromatic rings. The summed E-state index contributed by atoms with van der Waals surface area (Å²) in [5, 5.41) is 10.9. The van der Waals surface area contributed by atoms with Crippen molar-refractivity contribution >= 4 is 17.5 Å². The number of carbonyl (C=O) groups excluding carboxylic acids is 1. The summed E-state index contributed by atoms with van der Waals surface area (Å²) in [7, 11) is 0. The number of likely N-dealkylation sites (tertiary alicyclic amines) is 1. The van der Waals surface area contributed by atoms with Crippen molar-refractivity contribution in [3.63, 3.8) is 0 Å². The number of aromatic nitrogens is 3. The number of benzene rings is 1. The van der Waals surface area contributed by atoms with Crippen molar-refractivity contribution in [2.75, 3.05) is 23.7 Å². The zero-order chi connectivity index (χ0) is 19.9. The second-order valence-corrected chi connectivity index (χ2v) is 7.30. The Bertz CT molecular complexity index is 911. The standard InChI is InChI=1S/C22H26N6O/c29-22(27-14-4-7-20(17-27)24-19-5-2-1-3-6-19)25-21-11-16-28(26-21)15-10-18-8-12-23-13-9-18/h1-3,5-6,8-9,11-13,16,20,24H,4,7,10,14-15,17H2,(H,25,26,29). The third-order valence-corrected chi connectivity index (χ3v) is 5.11. The van der Waals surface area contributed by atoms with Gasteiger partial charge in [0.25, 0.3) is 0 Å². The second-order valence-electron chi connectivity index (χ2n) is 7.30. The minimum absolute atomic E-state index is 0.0936. The van der Waals surface area contributed by atoms with Crippen LogP contribution in [0.4, 0.5) is 16.3 Å². The van der Waals surface area contributed by atoms with Gasteiger partial charge in [0.1, 0.15) is 0 Å². The summed E-state index contributed by atoms with van der Waals surface area (Å²) in [6.07, 6.45) is 8.40. The minimum atomic E-state index is -0.0936. The van der Waals surface area contributed by atoms with E-state index < -0.39 is 0 Å². The second kappa shape index (κ2) is 9.23. The maximum absolute atomic E-state index is 12.7. The van der Waals surface area contributed by atoms with Crippen molar-refractivity contribution in [2.24, 2.45) is 0 Å².